The van der Waals surface area contributed by atoms with Crippen LogP contribution in [0.3, 0.4) is 0 Å². The molecular weight excluding hydrogens is 432 g/mol. The van der Waals surface area contributed by atoms with Crippen LogP contribution in [0.25, 0.3) is 0 Å². The van der Waals surface area contributed by atoms with E-state index in [9.17, 15) is 19.2 Å². The van der Waals surface area contributed by atoms with Gasteiger partial charge >= 0.3 is 5.97 Å². The van der Waals surface area contributed by atoms with Gasteiger partial charge in [0.25, 0.3) is 5.91 Å². The number of hydrogen-bond donors (Lipinski definition) is 1. The molecule has 3 aliphatic rings. The second-order valence-corrected chi connectivity index (χ2v) is 9.53. The molecule has 34 heavy (non-hydrogen) atoms. The number of fused-ring (bicyclic) bond motifs is 5. The zero-order valence-corrected chi connectivity index (χ0v) is 19.3. The summed E-state index contributed by atoms with van der Waals surface area (Å²) in [5.41, 5.74) is 4.57. The number of imide groups is 1. The smallest absolute Gasteiger partial charge is 0.338 e. The van der Waals surface area contributed by atoms with Crippen LogP contribution in [0.1, 0.15) is 34.8 Å². The van der Waals surface area contributed by atoms with Crippen molar-refractivity contribution >= 4 is 35.1 Å². The van der Waals surface area contributed by atoms with Gasteiger partial charge in [-0.3, -0.25) is 19.3 Å². The number of benzene rings is 2. The first kappa shape index (κ1) is 22.1. The minimum absolute atomic E-state index is 0.139. The lowest BCUT2D eigenvalue weighted by molar-refractivity contribution is -0.123. The fourth-order valence-electron chi connectivity index (χ4n) is 5.73. The van der Waals surface area contributed by atoms with Gasteiger partial charge in [-0.15, -0.1) is 0 Å². The summed E-state index contributed by atoms with van der Waals surface area (Å²) in [6.45, 7) is 5.48. The summed E-state index contributed by atoms with van der Waals surface area (Å²) in [6, 6.07) is 11.8. The van der Waals surface area contributed by atoms with Crippen molar-refractivity contribution in [2.75, 3.05) is 16.8 Å². The standard InChI is InChI=1S/C27H26N2O5/c1-14-8-15(2)10-19(9-14)28-22(30)13-34-27(33)17-4-6-20(7-5-17)29-25(31)23-18-11-16(3)21(12-18)24(23)26(29)32/h4-11,18,21,23-24H,12-13H2,1-3H3,(H,28,30)/t18-,21+,23+,24-/m0/s1. The fraction of sp³-hybridized carbons (Fsp3) is 0.333. The summed E-state index contributed by atoms with van der Waals surface area (Å²) in [4.78, 5) is 51.9. The Labute approximate surface area is 197 Å². The third-order valence-electron chi connectivity index (χ3n) is 7.08. The molecule has 7 nitrogen and oxygen atoms in total. The Balaban J connectivity index is 1.21. The van der Waals surface area contributed by atoms with E-state index >= 15 is 0 Å². The number of hydrogen-bond acceptors (Lipinski definition) is 5. The van der Waals surface area contributed by atoms with E-state index in [0.29, 0.717) is 11.4 Å². The van der Waals surface area contributed by atoms with E-state index in [1.807, 2.05) is 39.0 Å². The summed E-state index contributed by atoms with van der Waals surface area (Å²) in [6.07, 6.45) is 3.02. The van der Waals surface area contributed by atoms with Gasteiger partial charge in [-0.2, -0.15) is 0 Å². The molecule has 0 unspecified atom stereocenters. The average molecular weight is 459 g/mol. The van der Waals surface area contributed by atoms with Crippen LogP contribution in [0.4, 0.5) is 11.4 Å². The maximum atomic E-state index is 13.1. The number of allylic oxidation sites excluding steroid dienone is 2. The van der Waals surface area contributed by atoms with Gasteiger partial charge < -0.3 is 10.1 Å². The first-order chi connectivity index (χ1) is 16.2. The number of nitrogens with zero attached hydrogens (tertiary/aromatic N) is 1. The van der Waals surface area contributed by atoms with Crippen molar-refractivity contribution in [3.05, 3.63) is 70.8 Å². The number of amides is 3. The van der Waals surface area contributed by atoms with Crippen LogP contribution in [-0.2, 0) is 19.1 Å². The summed E-state index contributed by atoms with van der Waals surface area (Å²) < 4.78 is 5.13. The number of carbonyl (C=O) groups excluding carboxylic acids is 4. The first-order valence-electron chi connectivity index (χ1n) is 11.4. The van der Waals surface area contributed by atoms with Crippen molar-refractivity contribution in [1.29, 1.82) is 0 Å². The van der Waals surface area contributed by atoms with Gasteiger partial charge in [0, 0.05) is 5.69 Å². The number of carbonyl (C=O) groups is 4. The second kappa shape index (κ2) is 8.24. The van der Waals surface area contributed by atoms with Gasteiger partial charge in [-0.25, -0.2) is 4.79 Å². The Morgan fingerprint density at radius 2 is 1.62 bits per heavy atom. The van der Waals surface area contributed by atoms with Gasteiger partial charge in [-0.1, -0.05) is 17.7 Å². The highest BCUT2D eigenvalue weighted by Gasteiger charge is 2.60. The van der Waals surface area contributed by atoms with E-state index in [1.165, 1.54) is 22.6 Å². The van der Waals surface area contributed by atoms with E-state index in [2.05, 4.69) is 11.4 Å². The molecule has 7 heteroatoms. The number of nitrogens with one attached hydrogen (secondary N) is 1. The average Bonchev–Trinajstić information content (AvgIpc) is 3.41. The molecule has 4 atom stereocenters. The third-order valence-corrected chi connectivity index (χ3v) is 7.08. The molecule has 3 amide bonds. The SMILES string of the molecule is CC1=C[C@H]2C[C@H]1[C@@H]1C(=O)N(c3ccc(C(=O)OCC(=O)Nc4cc(C)cc(C)c4)cc3)C(=O)[C@@H]12. The van der Waals surface area contributed by atoms with E-state index in [0.717, 1.165) is 17.5 Å². The number of ether oxygens (including phenoxy) is 1. The third kappa shape index (κ3) is 3.71. The van der Waals surface area contributed by atoms with Crippen LogP contribution in [0.5, 0.6) is 0 Å². The Bertz CT molecular complexity index is 1230. The van der Waals surface area contributed by atoms with Crippen LogP contribution in [-0.4, -0.2) is 30.3 Å². The highest BCUT2D eigenvalue weighted by Crippen LogP contribution is 2.55. The first-order valence-corrected chi connectivity index (χ1v) is 11.4. The van der Waals surface area contributed by atoms with Gasteiger partial charge in [0.2, 0.25) is 11.8 Å². The Morgan fingerprint density at radius 1 is 0.971 bits per heavy atom. The normalized spacial score (nSPS) is 24.8. The predicted octanol–water partition coefficient (Wildman–Crippen LogP) is 3.80. The second-order valence-electron chi connectivity index (χ2n) is 9.53. The fourth-order valence-corrected chi connectivity index (χ4v) is 5.73. The molecule has 0 aromatic heterocycles. The van der Waals surface area contributed by atoms with Crippen molar-refractivity contribution in [2.24, 2.45) is 23.7 Å². The lowest BCUT2D eigenvalue weighted by atomic mass is 9.82. The van der Waals surface area contributed by atoms with Crippen molar-refractivity contribution in [1.82, 2.24) is 0 Å². The number of esters is 1. The Kier molecular flexibility index (Phi) is 5.35. The molecule has 2 bridgehead atoms. The summed E-state index contributed by atoms with van der Waals surface area (Å²) in [5.74, 6) is -1.67. The molecular formula is C27H26N2O5. The monoisotopic (exact) mass is 458 g/mol. The molecule has 2 aromatic rings. The van der Waals surface area contributed by atoms with Crippen molar-refractivity contribution in [2.45, 2.75) is 27.2 Å². The molecule has 0 spiro atoms. The summed E-state index contributed by atoms with van der Waals surface area (Å²) in [5, 5.41) is 2.72. The van der Waals surface area contributed by atoms with Crippen LogP contribution in [0, 0.1) is 37.5 Å². The lowest BCUT2D eigenvalue weighted by Gasteiger charge is -2.19. The minimum Gasteiger partial charge on any atom is -0.452 e. The molecule has 1 saturated carbocycles. The predicted molar refractivity (Wildman–Crippen MR) is 126 cm³/mol. The topological polar surface area (TPSA) is 92.8 Å². The van der Waals surface area contributed by atoms with Gasteiger partial charge in [0.05, 0.1) is 23.1 Å². The number of anilines is 2. The van der Waals surface area contributed by atoms with E-state index in [4.69, 9.17) is 4.74 Å². The van der Waals surface area contributed by atoms with E-state index in [1.54, 1.807) is 12.1 Å². The lowest BCUT2D eigenvalue weighted by Crippen LogP contribution is -2.33. The summed E-state index contributed by atoms with van der Waals surface area (Å²) >= 11 is 0. The van der Waals surface area contributed by atoms with Crippen LogP contribution in [0.2, 0.25) is 0 Å². The van der Waals surface area contributed by atoms with Crippen LogP contribution >= 0.6 is 0 Å². The molecule has 1 saturated heterocycles. The van der Waals surface area contributed by atoms with E-state index in [-0.39, 0.29) is 41.0 Å². The largest absolute Gasteiger partial charge is 0.452 e. The maximum Gasteiger partial charge on any atom is 0.338 e. The zero-order valence-electron chi connectivity index (χ0n) is 19.3. The molecule has 5 rings (SSSR count). The Morgan fingerprint density at radius 3 is 2.29 bits per heavy atom. The number of aryl methyl sites for hydroxylation is 2. The molecule has 2 aromatic carbocycles. The summed E-state index contributed by atoms with van der Waals surface area (Å²) in [7, 11) is 0. The molecule has 1 N–H and O–H groups in total. The van der Waals surface area contributed by atoms with Crippen molar-refractivity contribution in [3.8, 4) is 0 Å². The van der Waals surface area contributed by atoms with Gasteiger partial charge in [-0.05, 0) is 86.6 Å². The van der Waals surface area contributed by atoms with Crippen LogP contribution in [0.15, 0.2) is 54.1 Å². The molecule has 1 heterocycles. The maximum absolute atomic E-state index is 13.1. The van der Waals surface area contributed by atoms with Gasteiger partial charge in [0.1, 0.15) is 0 Å². The van der Waals surface area contributed by atoms with Crippen molar-refractivity contribution in [3.63, 3.8) is 0 Å². The molecule has 2 aliphatic carbocycles. The van der Waals surface area contributed by atoms with Crippen molar-refractivity contribution < 1.29 is 23.9 Å². The molecule has 174 valence electrons. The van der Waals surface area contributed by atoms with Crippen LogP contribution < -0.4 is 10.2 Å². The minimum atomic E-state index is -0.657. The van der Waals surface area contributed by atoms with Gasteiger partial charge in [0.15, 0.2) is 6.61 Å². The molecule has 2 fully saturated rings. The Hall–Kier alpha value is -3.74. The van der Waals surface area contributed by atoms with E-state index < -0.39 is 18.5 Å². The zero-order chi connectivity index (χ0) is 24.1. The highest BCUT2D eigenvalue weighted by molar-refractivity contribution is 6.23. The number of rotatable bonds is 5. The quantitative estimate of drug-likeness (QED) is 0.418. The molecule has 1 aliphatic heterocycles. The molecule has 0 radical (unpaired) electrons. The highest BCUT2D eigenvalue weighted by atomic mass is 16.5.